The van der Waals surface area contributed by atoms with E-state index in [1.165, 1.54) is 11.3 Å². The van der Waals surface area contributed by atoms with Crippen LogP contribution in [0.25, 0.3) is 5.82 Å². The summed E-state index contributed by atoms with van der Waals surface area (Å²) in [6.07, 6.45) is 5.94. The molecule has 0 saturated carbocycles. The first-order valence-electron chi connectivity index (χ1n) is 10.6. The molecule has 6 heteroatoms. The Morgan fingerprint density at radius 1 is 1.13 bits per heavy atom. The fraction of sp³-hybridized carbons (Fsp3) is 0.375. The first-order chi connectivity index (χ1) is 14.6. The van der Waals surface area contributed by atoms with Gasteiger partial charge >= 0.3 is 0 Å². The summed E-state index contributed by atoms with van der Waals surface area (Å²) in [7, 11) is 0. The number of benzene rings is 1. The van der Waals surface area contributed by atoms with Crippen molar-refractivity contribution < 1.29 is 0 Å². The van der Waals surface area contributed by atoms with E-state index in [0.29, 0.717) is 11.5 Å². The van der Waals surface area contributed by atoms with Crippen molar-refractivity contribution in [3.05, 3.63) is 71.4 Å². The molecule has 0 atom stereocenters. The van der Waals surface area contributed by atoms with Crippen LogP contribution in [0.3, 0.4) is 0 Å². The molecule has 1 N–H and O–H groups in total. The van der Waals surface area contributed by atoms with Crippen LogP contribution < -0.4 is 5.32 Å². The lowest BCUT2D eigenvalue weighted by Crippen LogP contribution is -2.49. The quantitative estimate of drug-likeness (QED) is 0.717. The zero-order chi connectivity index (χ0) is 20.7. The molecule has 0 amide bonds. The van der Waals surface area contributed by atoms with Gasteiger partial charge in [0.05, 0.1) is 34.7 Å². The lowest BCUT2D eigenvalue weighted by atomic mass is 9.82. The Kier molecular flexibility index (Phi) is 4.56. The summed E-state index contributed by atoms with van der Waals surface area (Å²) in [5.74, 6) is 2.37. The molecule has 1 fully saturated rings. The molecule has 6 nitrogen and oxygen atoms in total. The fourth-order valence-corrected chi connectivity index (χ4v) is 4.75. The molecular formula is C24H26N6. The zero-order valence-electron chi connectivity index (χ0n) is 17.5. The predicted octanol–water partition coefficient (Wildman–Crippen LogP) is 4.18. The van der Waals surface area contributed by atoms with Gasteiger partial charge in [-0.15, -0.1) is 0 Å². The molecule has 0 radical (unpaired) electrons. The summed E-state index contributed by atoms with van der Waals surface area (Å²) in [5, 5.41) is 12.8. The van der Waals surface area contributed by atoms with Gasteiger partial charge in [-0.3, -0.25) is 9.47 Å². The molecule has 1 spiro atoms. The van der Waals surface area contributed by atoms with E-state index in [4.69, 9.17) is 10.2 Å². The predicted molar refractivity (Wildman–Crippen MR) is 116 cm³/mol. The highest BCUT2D eigenvalue weighted by atomic mass is 15.3. The van der Waals surface area contributed by atoms with Crippen molar-refractivity contribution in [3.63, 3.8) is 0 Å². The van der Waals surface area contributed by atoms with E-state index in [2.05, 4.69) is 64.1 Å². The second kappa shape index (κ2) is 7.26. The van der Waals surface area contributed by atoms with E-state index >= 15 is 0 Å². The second-order valence-corrected chi connectivity index (χ2v) is 8.66. The average Bonchev–Trinajstić information content (AvgIpc) is 3.23. The van der Waals surface area contributed by atoms with Gasteiger partial charge in [0.25, 0.3) is 0 Å². The zero-order valence-corrected chi connectivity index (χ0v) is 17.5. The topological polar surface area (TPSA) is 69.8 Å². The van der Waals surface area contributed by atoms with E-state index in [9.17, 15) is 0 Å². The van der Waals surface area contributed by atoms with Crippen LogP contribution in [0.5, 0.6) is 0 Å². The van der Waals surface area contributed by atoms with Crippen molar-refractivity contribution in [3.8, 4) is 11.9 Å². The molecule has 0 bridgehead atoms. The number of aromatic nitrogens is 3. The molecular weight excluding hydrogens is 372 g/mol. The number of anilines is 1. The third-order valence-corrected chi connectivity index (χ3v) is 6.37. The van der Waals surface area contributed by atoms with Crippen molar-refractivity contribution in [2.24, 2.45) is 0 Å². The SMILES string of the molecule is CC(C)c1ncc2n1-c1ncccc1NC21CCN(Cc2ccc(C#N)cc2)CC1. The van der Waals surface area contributed by atoms with Crippen LogP contribution in [0.1, 0.15) is 55.3 Å². The van der Waals surface area contributed by atoms with Crippen LogP contribution >= 0.6 is 0 Å². The molecule has 1 saturated heterocycles. The Hall–Kier alpha value is -3.17. The van der Waals surface area contributed by atoms with Gasteiger partial charge in [-0.05, 0) is 42.7 Å². The number of piperidine rings is 1. The largest absolute Gasteiger partial charge is 0.371 e. The molecule has 30 heavy (non-hydrogen) atoms. The molecule has 1 aromatic carbocycles. The number of nitriles is 1. The summed E-state index contributed by atoms with van der Waals surface area (Å²) >= 11 is 0. The lowest BCUT2D eigenvalue weighted by molar-refractivity contribution is 0.161. The van der Waals surface area contributed by atoms with Gasteiger partial charge in [-0.1, -0.05) is 26.0 Å². The van der Waals surface area contributed by atoms with Crippen LogP contribution in [-0.4, -0.2) is 32.5 Å². The maximum absolute atomic E-state index is 9.00. The number of hydrogen-bond acceptors (Lipinski definition) is 5. The molecule has 152 valence electrons. The number of likely N-dealkylation sites (tertiary alicyclic amines) is 1. The Labute approximate surface area is 177 Å². The van der Waals surface area contributed by atoms with Gasteiger partial charge in [0, 0.05) is 31.7 Å². The van der Waals surface area contributed by atoms with Crippen LogP contribution in [0.4, 0.5) is 5.69 Å². The van der Waals surface area contributed by atoms with Crippen molar-refractivity contribution in [2.75, 3.05) is 18.4 Å². The van der Waals surface area contributed by atoms with E-state index in [1.54, 1.807) is 0 Å². The van der Waals surface area contributed by atoms with Crippen molar-refractivity contribution >= 4 is 5.69 Å². The summed E-state index contributed by atoms with van der Waals surface area (Å²) in [4.78, 5) is 12.0. The number of nitrogens with zero attached hydrogens (tertiary/aromatic N) is 5. The van der Waals surface area contributed by atoms with Crippen molar-refractivity contribution in [1.29, 1.82) is 5.26 Å². The van der Waals surface area contributed by atoms with Crippen LogP contribution in [0.15, 0.2) is 48.8 Å². The Morgan fingerprint density at radius 3 is 2.60 bits per heavy atom. The van der Waals surface area contributed by atoms with Gasteiger partial charge in [0.15, 0.2) is 5.82 Å². The van der Waals surface area contributed by atoms with Gasteiger partial charge in [-0.2, -0.15) is 5.26 Å². The van der Waals surface area contributed by atoms with E-state index < -0.39 is 0 Å². The maximum Gasteiger partial charge on any atom is 0.161 e. The summed E-state index contributed by atoms with van der Waals surface area (Å²) in [6.45, 7) is 7.30. The average molecular weight is 399 g/mol. The van der Waals surface area contributed by atoms with Crippen molar-refractivity contribution in [1.82, 2.24) is 19.4 Å². The molecule has 5 rings (SSSR count). The normalized spacial score (nSPS) is 17.3. The number of hydrogen-bond donors (Lipinski definition) is 1. The Morgan fingerprint density at radius 2 is 1.90 bits per heavy atom. The molecule has 3 aromatic rings. The molecule has 2 aliphatic heterocycles. The number of pyridine rings is 1. The van der Waals surface area contributed by atoms with Gasteiger partial charge in [0.2, 0.25) is 0 Å². The van der Waals surface area contributed by atoms with E-state index in [1.807, 2.05) is 24.4 Å². The van der Waals surface area contributed by atoms with E-state index in [-0.39, 0.29) is 5.54 Å². The van der Waals surface area contributed by atoms with Gasteiger partial charge < -0.3 is 5.32 Å². The number of rotatable bonds is 3. The third-order valence-electron chi connectivity index (χ3n) is 6.37. The molecule has 2 aromatic heterocycles. The van der Waals surface area contributed by atoms with E-state index in [0.717, 1.165) is 49.8 Å². The summed E-state index contributed by atoms with van der Waals surface area (Å²) in [5.41, 5.74) is 4.17. The molecule has 4 heterocycles. The van der Waals surface area contributed by atoms with Crippen molar-refractivity contribution in [2.45, 2.75) is 44.7 Å². The number of imidazole rings is 1. The smallest absolute Gasteiger partial charge is 0.161 e. The number of fused-ring (bicyclic) bond motifs is 4. The second-order valence-electron chi connectivity index (χ2n) is 8.66. The highest BCUT2D eigenvalue weighted by molar-refractivity contribution is 5.63. The standard InChI is InChI=1S/C24H26N6/c1-17(2)22-27-15-21-24(28-20-4-3-11-26-23(20)30(21)22)9-12-29(13-10-24)16-19-7-5-18(14-25)6-8-19/h3-8,11,15,17,28H,9-10,12-13,16H2,1-2H3. The fourth-order valence-electron chi connectivity index (χ4n) is 4.75. The summed E-state index contributed by atoms with van der Waals surface area (Å²) in [6, 6.07) is 14.2. The van der Waals surface area contributed by atoms with Crippen LogP contribution in [-0.2, 0) is 12.1 Å². The maximum atomic E-state index is 9.00. The molecule has 2 aliphatic rings. The summed E-state index contributed by atoms with van der Waals surface area (Å²) < 4.78 is 2.28. The van der Waals surface area contributed by atoms with Gasteiger partial charge in [-0.25, -0.2) is 9.97 Å². The monoisotopic (exact) mass is 398 g/mol. The lowest BCUT2D eigenvalue weighted by Gasteiger charge is -2.45. The highest BCUT2D eigenvalue weighted by Crippen LogP contribution is 2.44. The number of nitrogens with one attached hydrogen (secondary N) is 1. The van der Waals surface area contributed by atoms with Crippen LogP contribution in [0.2, 0.25) is 0 Å². The highest BCUT2D eigenvalue weighted by Gasteiger charge is 2.43. The Bertz CT molecular complexity index is 1100. The minimum atomic E-state index is -0.114. The van der Waals surface area contributed by atoms with Crippen LogP contribution in [0, 0.1) is 11.3 Å². The minimum absolute atomic E-state index is 0.114. The van der Waals surface area contributed by atoms with Gasteiger partial charge in [0.1, 0.15) is 5.82 Å². The third kappa shape index (κ3) is 3.06. The molecule has 0 aliphatic carbocycles. The minimum Gasteiger partial charge on any atom is -0.371 e. The Balaban J connectivity index is 1.41. The first kappa shape index (κ1) is 18.8. The molecule has 0 unspecified atom stereocenters. The first-order valence-corrected chi connectivity index (χ1v) is 10.6.